The van der Waals surface area contributed by atoms with Gasteiger partial charge in [0.1, 0.15) is 10.7 Å². The van der Waals surface area contributed by atoms with Crippen LogP contribution >= 0.6 is 11.3 Å². The quantitative estimate of drug-likeness (QED) is 0.624. The third kappa shape index (κ3) is 3.30. The molecule has 0 aromatic carbocycles. The standard InChI is InChI=1S/C18H23N5O3S/c1-10-4-3-5-12-13(10)14-16-21-15(17(25)19-6-8-26-9-7-24)22-23(16)11(2)20-18(14)27-12/h10,24H,3-9H2,1-2H3,(H,19,25)/t10-/m1/s1. The van der Waals surface area contributed by atoms with E-state index in [2.05, 4.69) is 22.3 Å². The molecule has 3 heterocycles. The summed E-state index contributed by atoms with van der Waals surface area (Å²) in [5.41, 5.74) is 2.04. The van der Waals surface area contributed by atoms with Crippen LogP contribution in [0.4, 0.5) is 0 Å². The van der Waals surface area contributed by atoms with E-state index in [1.54, 1.807) is 15.9 Å². The van der Waals surface area contributed by atoms with Crippen LogP contribution in [0, 0.1) is 6.92 Å². The van der Waals surface area contributed by atoms with Gasteiger partial charge < -0.3 is 15.2 Å². The number of rotatable bonds is 6. The minimum absolute atomic E-state index is 0.0341. The lowest BCUT2D eigenvalue weighted by Gasteiger charge is -2.18. The molecule has 2 N–H and O–H groups in total. The molecule has 4 rings (SSSR count). The number of ether oxygens (including phenoxy) is 1. The highest BCUT2D eigenvalue weighted by atomic mass is 32.1. The molecule has 0 spiro atoms. The molecular weight excluding hydrogens is 366 g/mol. The van der Waals surface area contributed by atoms with Crippen molar-refractivity contribution >= 4 is 33.1 Å². The maximum absolute atomic E-state index is 12.4. The van der Waals surface area contributed by atoms with Gasteiger partial charge in [-0.05, 0) is 37.7 Å². The Kier molecular flexibility index (Phi) is 5.07. The summed E-state index contributed by atoms with van der Waals surface area (Å²) in [6.45, 7) is 5.02. The molecule has 27 heavy (non-hydrogen) atoms. The molecule has 3 aromatic heterocycles. The lowest BCUT2D eigenvalue weighted by molar-refractivity contribution is 0.0832. The monoisotopic (exact) mass is 389 g/mol. The first kappa shape index (κ1) is 18.3. The lowest BCUT2D eigenvalue weighted by Crippen LogP contribution is -2.28. The average Bonchev–Trinajstić information content (AvgIpc) is 3.23. The molecule has 0 saturated carbocycles. The van der Waals surface area contributed by atoms with Crippen molar-refractivity contribution in [3.8, 4) is 0 Å². The smallest absolute Gasteiger partial charge is 0.291 e. The Morgan fingerprint density at radius 1 is 1.41 bits per heavy atom. The third-order valence-electron chi connectivity index (χ3n) is 4.91. The summed E-state index contributed by atoms with van der Waals surface area (Å²) in [6, 6.07) is 0. The number of fused-ring (bicyclic) bond motifs is 5. The van der Waals surface area contributed by atoms with Gasteiger partial charge in [0.2, 0.25) is 5.82 Å². The van der Waals surface area contributed by atoms with Crippen molar-refractivity contribution in [2.24, 2.45) is 0 Å². The molecule has 1 atom stereocenters. The molecule has 1 aliphatic carbocycles. The number of carbonyl (C=O) groups is 1. The molecule has 0 unspecified atom stereocenters. The van der Waals surface area contributed by atoms with Crippen LogP contribution in [0.25, 0.3) is 15.9 Å². The molecule has 0 aliphatic heterocycles. The average molecular weight is 389 g/mol. The molecule has 3 aromatic rings. The highest BCUT2D eigenvalue weighted by Gasteiger charge is 2.26. The van der Waals surface area contributed by atoms with Gasteiger partial charge in [0.05, 0.1) is 25.2 Å². The fourth-order valence-corrected chi connectivity index (χ4v) is 5.04. The van der Waals surface area contributed by atoms with Crippen LogP contribution in [-0.4, -0.2) is 57.0 Å². The number of nitrogens with zero attached hydrogens (tertiary/aromatic N) is 4. The first-order valence-electron chi connectivity index (χ1n) is 9.25. The fraction of sp³-hybridized carbons (Fsp3) is 0.556. The van der Waals surface area contributed by atoms with Crippen molar-refractivity contribution in [2.75, 3.05) is 26.4 Å². The van der Waals surface area contributed by atoms with E-state index in [0.29, 0.717) is 24.7 Å². The van der Waals surface area contributed by atoms with Gasteiger partial charge in [0.15, 0.2) is 5.65 Å². The van der Waals surface area contributed by atoms with Gasteiger partial charge >= 0.3 is 0 Å². The summed E-state index contributed by atoms with van der Waals surface area (Å²) in [6.07, 6.45) is 3.45. The number of amides is 1. The second kappa shape index (κ2) is 7.49. The van der Waals surface area contributed by atoms with Crippen LogP contribution in [-0.2, 0) is 11.2 Å². The fourth-order valence-electron chi connectivity index (χ4n) is 3.66. The Labute approximate surface area is 160 Å². The number of hydrogen-bond acceptors (Lipinski definition) is 7. The zero-order valence-electron chi connectivity index (χ0n) is 15.5. The maximum atomic E-state index is 12.4. The third-order valence-corrected chi connectivity index (χ3v) is 6.07. The Balaban J connectivity index is 1.69. The molecule has 144 valence electrons. The summed E-state index contributed by atoms with van der Waals surface area (Å²) >= 11 is 1.74. The van der Waals surface area contributed by atoms with Crippen molar-refractivity contribution in [3.63, 3.8) is 0 Å². The van der Waals surface area contributed by atoms with Crippen molar-refractivity contribution in [1.29, 1.82) is 0 Å². The van der Waals surface area contributed by atoms with Gasteiger partial charge in [-0.15, -0.1) is 16.4 Å². The van der Waals surface area contributed by atoms with Crippen LogP contribution in [0.1, 0.15) is 52.6 Å². The summed E-state index contributed by atoms with van der Waals surface area (Å²) in [5, 5.41) is 16.9. The topological polar surface area (TPSA) is 102 Å². The normalized spacial score (nSPS) is 16.8. The van der Waals surface area contributed by atoms with Gasteiger partial charge in [-0.3, -0.25) is 4.79 Å². The zero-order valence-corrected chi connectivity index (χ0v) is 16.3. The Morgan fingerprint density at radius 2 is 2.26 bits per heavy atom. The van der Waals surface area contributed by atoms with Crippen molar-refractivity contribution in [3.05, 3.63) is 22.1 Å². The van der Waals surface area contributed by atoms with Crippen LogP contribution in [0.5, 0.6) is 0 Å². The van der Waals surface area contributed by atoms with Gasteiger partial charge in [-0.2, -0.15) is 4.52 Å². The van der Waals surface area contributed by atoms with Gasteiger partial charge in [-0.25, -0.2) is 9.97 Å². The number of aliphatic hydroxyl groups excluding tert-OH is 1. The van der Waals surface area contributed by atoms with Crippen LogP contribution in [0.2, 0.25) is 0 Å². The van der Waals surface area contributed by atoms with Crippen molar-refractivity contribution in [2.45, 2.75) is 39.0 Å². The summed E-state index contributed by atoms with van der Waals surface area (Å²) < 4.78 is 6.82. The Morgan fingerprint density at radius 3 is 3.07 bits per heavy atom. The molecule has 1 aliphatic rings. The number of thiophene rings is 1. The lowest BCUT2D eigenvalue weighted by atomic mass is 9.87. The van der Waals surface area contributed by atoms with Gasteiger partial charge in [-0.1, -0.05) is 6.92 Å². The van der Waals surface area contributed by atoms with E-state index >= 15 is 0 Å². The van der Waals surface area contributed by atoms with E-state index in [1.165, 1.54) is 16.9 Å². The zero-order chi connectivity index (χ0) is 19.0. The van der Waals surface area contributed by atoms with E-state index in [9.17, 15) is 4.79 Å². The minimum Gasteiger partial charge on any atom is -0.394 e. The number of aromatic nitrogens is 4. The molecular formula is C18H23N5O3S. The van der Waals surface area contributed by atoms with E-state index in [-0.39, 0.29) is 24.9 Å². The highest BCUT2D eigenvalue weighted by molar-refractivity contribution is 7.19. The predicted octanol–water partition coefficient (Wildman–Crippen LogP) is 1.83. The van der Waals surface area contributed by atoms with Crippen LogP contribution in [0.3, 0.4) is 0 Å². The molecule has 1 amide bonds. The SMILES string of the molecule is Cc1nc2sc3c(c2c2nc(C(=O)NCCOCCO)nn12)[C@H](C)CCC3. The molecule has 9 heteroatoms. The second-order valence-corrected chi connectivity index (χ2v) is 7.92. The first-order valence-corrected chi connectivity index (χ1v) is 10.1. The largest absolute Gasteiger partial charge is 0.394 e. The predicted molar refractivity (Wildman–Crippen MR) is 102 cm³/mol. The molecule has 0 fully saturated rings. The summed E-state index contributed by atoms with van der Waals surface area (Å²) in [5.74, 6) is 0.990. The number of nitrogens with one attached hydrogen (secondary N) is 1. The maximum Gasteiger partial charge on any atom is 0.291 e. The highest BCUT2D eigenvalue weighted by Crippen LogP contribution is 2.42. The summed E-state index contributed by atoms with van der Waals surface area (Å²) in [4.78, 5) is 24.1. The molecule has 0 bridgehead atoms. The number of carbonyl (C=O) groups excluding carboxylic acids is 1. The van der Waals surface area contributed by atoms with E-state index in [1.807, 2.05) is 6.92 Å². The van der Waals surface area contributed by atoms with Crippen LogP contribution < -0.4 is 5.32 Å². The van der Waals surface area contributed by atoms with E-state index in [0.717, 1.165) is 28.9 Å². The number of aliphatic hydroxyl groups is 1. The van der Waals surface area contributed by atoms with Gasteiger partial charge in [0.25, 0.3) is 5.91 Å². The van der Waals surface area contributed by atoms with E-state index in [4.69, 9.17) is 14.8 Å². The van der Waals surface area contributed by atoms with Crippen molar-refractivity contribution in [1.82, 2.24) is 24.9 Å². The van der Waals surface area contributed by atoms with Crippen LogP contribution in [0.15, 0.2) is 0 Å². The molecule has 8 nitrogen and oxygen atoms in total. The van der Waals surface area contributed by atoms with Gasteiger partial charge in [0, 0.05) is 11.4 Å². The second-order valence-electron chi connectivity index (χ2n) is 6.83. The van der Waals surface area contributed by atoms with Crippen molar-refractivity contribution < 1.29 is 14.6 Å². The first-order chi connectivity index (χ1) is 13.1. The molecule has 0 radical (unpaired) electrons. The number of hydrogen-bond donors (Lipinski definition) is 2. The Hall–Kier alpha value is -2.10. The molecule has 0 saturated heterocycles. The summed E-state index contributed by atoms with van der Waals surface area (Å²) in [7, 11) is 0. The Bertz CT molecular complexity index is 996. The van der Waals surface area contributed by atoms with E-state index < -0.39 is 0 Å². The number of aryl methyl sites for hydroxylation is 2. The minimum atomic E-state index is -0.337.